The average molecular weight is 1440 g/mol. The molecule has 17 N–H and O–H groups in total. The maximum Gasteiger partial charge on any atom is 0.305 e. The van der Waals surface area contributed by atoms with Crippen molar-refractivity contribution in [3.63, 3.8) is 0 Å². The SMILES string of the molecule is C[C@@]12CCCN1C(=O)[C@H](Cc1ccc(O)cc1)NC(=O)[C@H](Cc1cnc[nH]1)NC(=O)[C@H](CC(=O)O)NC(=O)[C@H](Cc1c[nH]c3ccc(F)cc13)NC(=O)[C@H](Cc1c[nH]c3ccc(F)cc13)NC(=O)CNC(=O)[C@H](CCCCCN)NC(=O)CCSCc1cccc(c1)CSC[C@@H](C(N)=O)NC2=O. The maximum atomic E-state index is 15.2. The van der Waals surface area contributed by atoms with Gasteiger partial charge in [0.25, 0.3) is 0 Å². The van der Waals surface area contributed by atoms with Crippen molar-refractivity contribution in [3.05, 3.63) is 155 Å². The van der Waals surface area contributed by atoms with Gasteiger partial charge in [0.05, 0.1) is 19.3 Å². The Bertz CT molecular complexity index is 4180. The second-order valence-corrected chi connectivity index (χ2v) is 27.6. The zero-order valence-electron chi connectivity index (χ0n) is 55.9. The molecule has 4 aromatic carbocycles. The number of hydrogen-bond acceptors (Lipinski definition) is 16. The van der Waals surface area contributed by atoms with E-state index in [0.29, 0.717) is 77.0 Å². The number of rotatable bonds is 16. The van der Waals surface area contributed by atoms with Crippen LogP contribution in [0, 0.1) is 11.6 Å². The van der Waals surface area contributed by atoms with Crippen LogP contribution in [0.2, 0.25) is 0 Å². The van der Waals surface area contributed by atoms with Gasteiger partial charge in [0, 0.05) is 108 Å². The van der Waals surface area contributed by atoms with E-state index in [4.69, 9.17) is 11.5 Å². The first-order chi connectivity index (χ1) is 48.9. The van der Waals surface area contributed by atoms with E-state index in [9.17, 15) is 52.6 Å². The molecule has 28 nitrogen and oxygen atoms in total. The predicted molar refractivity (Wildman–Crippen MR) is 376 cm³/mol. The maximum absolute atomic E-state index is 15.2. The van der Waals surface area contributed by atoms with E-state index >= 15 is 19.2 Å². The monoisotopic (exact) mass is 1440 g/mol. The number of carbonyl (C=O) groups excluding carboxylic acids is 10. The minimum atomic E-state index is -2.05. The number of carboxylic acid groups (broad SMARTS) is 1. The van der Waals surface area contributed by atoms with Gasteiger partial charge in [-0.05, 0) is 115 Å². The molecule has 2 bridgehead atoms. The number of hydrogen-bond donors (Lipinski definition) is 15. The van der Waals surface area contributed by atoms with Gasteiger partial charge < -0.3 is 84.1 Å². The molecule has 8 atom stereocenters. The minimum Gasteiger partial charge on any atom is -0.508 e. The summed E-state index contributed by atoms with van der Waals surface area (Å²) < 4.78 is 29.9. The number of aromatic hydroxyl groups is 1. The number of carboxylic acids is 1. The van der Waals surface area contributed by atoms with Gasteiger partial charge in [0.2, 0.25) is 59.1 Å². The topological polar surface area (TPSA) is 440 Å². The second-order valence-electron chi connectivity index (χ2n) is 25.4. The van der Waals surface area contributed by atoms with Crippen LogP contribution in [0.15, 0.2) is 110 Å². The van der Waals surface area contributed by atoms with Crippen molar-refractivity contribution in [2.24, 2.45) is 11.5 Å². The molecule has 102 heavy (non-hydrogen) atoms. The smallest absolute Gasteiger partial charge is 0.305 e. The Morgan fingerprint density at radius 3 is 1.84 bits per heavy atom. The number of phenolic OH excluding ortho intramolecular Hbond substituents is 1. The Hall–Kier alpha value is -10.3. The van der Waals surface area contributed by atoms with Gasteiger partial charge in [0.1, 0.15) is 65.2 Å². The third-order valence-corrected chi connectivity index (χ3v) is 19.9. The van der Waals surface area contributed by atoms with Gasteiger partial charge in [-0.25, -0.2) is 13.8 Å². The summed E-state index contributed by atoms with van der Waals surface area (Å²) in [6.07, 6.45) is 5.30. The Balaban J connectivity index is 1.06. The summed E-state index contributed by atoms with van der Waals surface area (Å²) in [6.45, 7) is 1.19. The number of carbonyl (C=O) groups is 11. The van der Waals surface area contributed by atoms with Gasteiger partial charge in [-0.1, -0.05) is 49.2 Å². The van der Waals surface area contributed by atoms with Gasteiger partial charge >= 0.3 is 5.97 Å². The molecule has 32 heteroatoms. The largest absolute Gasteiger partial charge is 0.508 e. The number of H-pyrrole nitrogens is 3. The molecule has 5 heterocycles. The molecule has 0 aliphatic carbocycles. The average Bonchev–Trinajstić information content (AvgIpc) is 1.59. The summed E-state index contributed by atoms with van der Waals surface area (Å²) in [5.41, 5.74) is 14.0. The number of halogens is 2. The molecule has 0 radical (unpaired) electrons. The highest BCUT2D eigenvalue weighted by molar-refractivity contribution is 7.98. The van der Waals surface area contributed by atoms with Crippen LogP contribution in [0.1, 0.15) is 91.8 Å². The van der Waals surface area contributed by atoms with E-state index in [1.807, 2.05) is 24.3 Å². The van der Waals surface area contributed by atoms with Gasteiger partial charge in [-0.3, -0.25) is 52.7 Å². The number of fused-ring (bicyclic) bond motifs is 5. The van der Waals surface area contributed by atoms with Crippen LogP contribution in [0.25, 0.3) is 21.8 Å². The fraction of sp³-hybridized carbons (Fsp3) is 0.400. The molecular weight excluding hydrogens is 1360 g/mol. The van der Waals surface area contributed by atoms with E-state index in [2.05, 4.69) is 62.5 Å². The minimum absolute atomic E-state index is 0.0146. The summed E-state index contributed by atoms with van der Waals surface area (Å²) in [5, 5.41) is 42.2. The van der Waals surface area contributed by atoms with Crippen LogP contribution in [0.5, 0.6) is 5.75 Å². The Kier molecular flexibility index (Phi) is 26.6. The number of aromatic amines is 3. The van der Waals surface area contributed by atoms with E-state index in [1.165, 1.54) is 121 Å². The quantitative estimate of drug-likeness (QED) is 0.0618. The lowest BCUT2D eigenvalue weighted by Gasteiger charge is -2.37. The Morgan fingerprint density at radius 1 is 0.647 bits per heavy atom. The van der Waals surface area contributed by atoms with Crippen LogP contribution in [-0.2, 0) is 89.9 Å². The molecule has 9 rings (SSSR count). The predicted octanol–water partition coefficient (Wildman–Crippen LogP) is 2.57. The molecular formula is C70H83F2N15O13S2. The molecule has 3 aromatic heterocycles. The highest BCUT2D eigenvalue weighted by atomic mass is 32.2. The van der Waals surface area contributed by atoms with E-state index in [1.54, 1.807) is 0 Å². The first-order valence-electron chi connectivity index (χ1n) is 33.3. The molecule has 1 saturated heterocycles. The number of nitrogens with zero attached hydrogens (tertiary/aromatic N) is 2. The van der Waals surface area contributed by atoms with Crippen molar-refractivity contribution in [2.45, 2.75) is 143 Å². The molecule has 7 aromatic rings. The summed E-state index contributed by atoms with van der Waals surface area (Å²) in [6, 6.07) is 10.0. The lowest BCUT2D eigenvalue weighted by atomic mass is 9.95. The number of aromatic nitrogens is 4. The van der Waals surface area contributed by atoms with Crippen LogP contribution in [0.3, 0.4) is 0 Å². The van der Waals surface area contributed by atoms with Gasteiger partial charge in [-0.15, -0.1) is 0 Å². The molecule has 1 fully saturated rings. The number of benzene rings is 4. The first-order valence-corrected chi connectivity index (χ1v) is 35.7. The summed E-state index contributed by atoms with van der Waals surface area (Å²) >= 11 is 2.79. The summed E-state index contributed by atoms with van der Waals surface area (Å²) in [5.74, 6) is -10.6. The molecule has 0 saturated carbocycles. The number of imidazole rings is 1. The molecule has 10 amide bonds. The lowest BCUT2D eigenvalue weighted by molar-refractivity contribution is -0.147. The standard InChI is InChI=1S/C70H83F2N15O13S2/c1-70-19-6-21-87(70)68(99)57(24-39-10-14-47(88)15-11-39)85-66(97)55(29-46-33-75-38-79-46)83-67(98)56(30-61(91)92)84-65(96)54(26-43-32-77-51-17-13-45(72)28-49(43)51)82-64(95)53(25-42-31-76-50-16-12-44(71)27-48(42)50)81-60(90)34-78-63(94)52(9-3-2-4-20-73)80-59(89)18-22-101-35-40-7-5-8-41(23-40)36-102-37-58(62(74)93)86-69(70)100/h5,7-8,10-17,23,27-28,31-33,38,52-58,76-77,88H,2-4,6,9,18-22,24-26,29-30,34-37,73H2,1H3,(H2,74,93)(H,75,79)(H,78,94)(H,80,89)(H,81,90)(H,82,95)(H,83,98)(H,84,96)(H,85,97)(H,86,100)(H,91,92)/t52-,53-,54-,55-,56-,57-,58-,70-/m0/s1. The number of nitrogens with two attached hydrogens (primary N) is 2. The van der Waals surface area contributed by atoms with E-state index < -0.39 is 144 Å². The fourth-order valence-electron chi connectivity index (χ4n) is 12.3. The Labute approximate surface area is 593 Å². The van der Waals surface area contributed by atoms with E-state index in [-0.39, 0.29) is 73.2 Å². The molecule has 0 spiro atoms. The molecule has 0 unspecified atom stereocenters. The molecule has 2 aliphatic heterocycles. The number of amides is 10. The number of nitrogens with one attached hydrogen (secondary N) is 11. The summed E-state index contributed by atoms with van der Waals surface area (Å²) in [7, 11) is 0. The van der Waals surface area contributed by atoms with Crippen LogP contribution in [-0.4, -0.2) is 179 Å². The van der Waals surface area contributed by atoms with Crippen molar-refractivity contribution in [3.8, 4) is 5.75 Å². The van der Waals surface area contributed by atoms with Crippen molar-refractivity contribution in [1.29, 1.82) is 0 Å². The number of phenols is 1. The third-order valence-electron chi connectivity index (χ3n) is 17.8. The first kappa shape index (κ1) is 75.9. The number of thioether (sulfide) groups is 2. The molecule has 542 valence electrons. The summed E-state index contributed by atoms with van der Waals surface area (Å²) in [4.78, 5) is 172. The zero-order valence-corrected chi connectivity index (χ0v) is 57.5. The Morgan fingerprint density at radius 2 is 1.24 bits per heavy atom. The lowest BCUT2D eigenvalue weighted by Crippen LogP contribution is -2.63. The number of aliphatic carboxylic acids is 1. The molecule has 2 aliphatic rings. The second kappa shape index (κ2) is 35.8. The highest BCUT2D eigenvalue weighted by Gasteiger charge is 2.49. The van der Waals surface area contributed by atoms with Crippen LogP contribution >= 0.6 is 23.5 Å². The van der Waals surface area contributed by atoms with Crippen LogP contribution in [0.4, 0.5) is 8.78 Å². The van der Waals surface area contributed by atoms with Crippen molar-refractivity contribution >= 4 is 110 Å². The van der Waals surface area contributed by atoms with Crippen molar-refractivity contribution in [1.82, 2.24) is 67.4 Å². The third kappa shape index (κ3) is 20.9. The number of unbranched alkanes of at least 4 members (excludes halogenated alkanes) is 2. The van der Waals surface area contributed by atoms with Gasteiger partial charge in [0.15, 0.2) is 0 Å². The van der Waals surface area contributed by atoms with Crippen LogP contribution < -0.4 is 54.0 Å². The highest BCUT2D eigenvalue weighted by Crippen LogP contribution is 2.32. The number of primary amides is 1. The van der Waals surface area contributed by atoms with Crippen molar-refractivity contribution < 1.29 is 71.7 Å². The van der Waals surface area contributed by atoms with Crippen molar-refractivity contribution in [2.75, 3.05) is 31.1 Å². The zero-order chi connectivity index (χ0) is 73.0. The van der Waals surface area contributed by atoms with Gasteiger partial charge in [-0.2, -0.15) is 23.5 Å². The van der Waals surface area contributed by atoms with E-state index in [0.717, 1.165) is 11.1 Å². The fourth-order valence-corrected chi connectivity index (χ4v) is 14.2. The normalized spacial score (nSPS) is 22.6.